The normalized spacial score (nSPS) is 43.5. The lowest BCUT2D eigenvalue weighted by molar-refractivity contribution is -0.246. The Balaban J connectivity index is 0.000000159. The number of para-hydroxylation sites is 2. The van der Waals surface area contributed by atoms with Crippen molar-refractivity contribution in [3.8, 4) is 0 Å². The van der Waals surface area contributed by atoms with Crippen LogP contribution in [0.3, 0.4) is 0 Å². The number of ketones is 2. The minimum absolute atomic E-state index is 0.0488. The number of rotatable bonds is 6. The van der Waals surface area contributed by atoms with Gasteiger partial charge >= 0.3 is 0 Å². The third-order valence-corrected chi connectivity index (χ3v) is 21.3. The molecule has 6 saturated carbocycles. The average Bonchev–Trinajstić information content (AvgIpc) is 4.14. The number of nitrogens with zero attached hydrogens (tertiary/aromatic N) is 3. The summed E-state index contributed by atoms with van der Waals surface area (Å²) in [6, 6.07) is 15.7. The van der Waals surface area contributed by atoms with Gasteiger partial charge in [-0.2, -0.15) is 5.10 Å². The highest BCUT2D eigenvalue weighted by Gasteiger charge is 2.81. The molecule has 2 saturated heterocycles. The van der Waals surface area contributed by atoms with Gasteiger partial charge in [-0.05, 0) is 166 Å². The molecule has 0 radical (unpaired) electrons. The number of fused-ring (bicyclic) bond motifs is 14. The Morgan fingerprint density at radius 2 is 1.18 bits per heavy atom. The van der Waals surface area contributed by atoms with E-state index in [0.717, 1.165) is 39.4 Å². The van der Waals surface area contributed by atoms with Crippen LogP contribution in [-0.2, 0) is 28.5 Å². The molecule has 0 amide bonds. The van der Waals surface area contributed by atoms with Gasteiger partial charge in [-0.25, -0.2) is 13.8 Å². The number of allylic oxidation sites excluding steroid dienone is 8. The van der Waals surface area contributed by atoms with E-state index >= 15 is 8.78 Å². The second-order valence-corrected chi connectivity index (χ2v) is 26.6. The van der Waals surface area contributed by atoms with Crippen molar-refractivity contribution in [1.29, 1.82) is 0 Å². The van der Waals surface area contributed by atoms with Crippen LogP contribution in [0.4, 0.5) is 20.2 Å². The first-order chi connectivity index (χ1) is 37.4. The van der Waals surface area contributed by atoms with Crippen LogP contribution in [0.2, 0.25) is 0 Å². The third-order valence-electron chi connectivity index (χ3n) is 21.3. The number of Topliss-reactive ketones (excluding diaryl/α,β-unsaturated/α-hetero) is 1. The Labute approximate surface area is 470 Å². The number of carbonyl (C=O) groups is 2. The van der Waals surface area contributed by atoms with Gasteiger partial charge in [0.15, 0.2) is 40.1 Å². The predicted octanol–water partition coefficient (Wildman–Crippen LogP) is 9.28. The second kappa shape index (κ2) is 19.7. The average molecular weight is 1110 g/mol. The van der Waals surface area contributed by atoms with Crippen molar-refractivity contribution in [1.82, 2.24) is 5.01 Å². The molecule has 8 aliphatic carbocycles. The largest absolute Gasteiger partial charge is 0.399 e. The van der Waals surface area contributed by atoms with E-state index in [-0.39, 0.29) is 37.1 Å². The van der Waals surface area contributed by atoms with Crippen LogP contribution in [0.15, 0.2) is 106 Å². The Bertz CT molecular complexity index is 3010. The van der Waals surface area contributed by atoms with Crippen molar-refractivity contribution in [3.63, 3.8) is 0 Å². The molecule has 8 fully saturated rings. The molecular weight excluding hydrogens is 1020 g/mol. The number of nitrogen functional groups attached to an aromatic ring is 1. The van der Waals surface area contributed by atoms with Crippen molar-refractivity contribution in [2.24, 2.45) is 55.4 Å². The Hall–Kier alpha value is -4.78. The third kappa shape index (κ3) is 8.24. The monoisotopic (exact) mass is 1110 g/mol. The fraction of sp³-hybridized carbons (Fsp3) is 0.625. The number of halogens is 2. The van der Waals surface area contributed by atoms with E-state index in [1.165, 1.54) is 6.08 Å². The molecule has 12 rings (SSSR count). The summed E-state index contributed by atoms with van der Waals surface area (Å²) in [5.74, 6) is -3.86. The van der Waals surface area contributed by atoms with Gasteiger partial charge in [0, 0.05) is 53.3 Å². The maximum atomic E-state index is 17.7. The van der Waals surface area contributed by atoms with Crippen LogP contribution in [0.25, 0.3) is 0 Å². The molecule has 80 heavy (non-hydrogen) atoms. The molecule has 2 aromatic rings. The number of benzene rings is 2. The number of aliphatic hydroxyl groups excluding tert-OH is 4. The Morgan fingerprint density at radius 3 is 1.68 bits per heavy atom. The molecule has 434 valence electrons. The predicted molar refractivity (Wildman–Crippen MR) is 302 cm³/mol. The van der Waals surface area contributed by atoms with E-state index in [1.54, 1.807) is 45.1 Å². The fourth-order valence-corrected chi connectivity index (χ4v) is 17.7. The number of aliphatic imine (C=N–C) groups is 1. The summed E-state index contributed by atoms with van der Waals surface area (Å²) in [5, 5.41) is 50.0. The number of anilines is 1. The smallest absolute Gasteiger partial charge is 0.193 e. The van der Waals surface area contributed by atoms with E-state index in [0.29, 0.717) is 44.2 Å². The number of alkyl halides is 2. The number of aryl methyl sites for hydroxylation is 2. The molecule has 10 aliphatic rings. The Kier molecular flexibility index (Phi) is 14.4. The number of nitrogens with two attached hydrogens (primary N) is 1. The molecule has 2 heterocycles. The van der Waals surface area contributed by atoms with E-state index < -0.39 is 104 Å². The van der Waals surface area contributed by atoms with Crippen molar-refractivity contribution in [2.45, 2.75) is 179 Å². The van der Waals surface area contributed by atoms with Crippen LogP contribution in [0, 0.1) is 59.2 Å². The van der Waals surface area contributed by atoms with Gasteiger partial charge in [0.1, 0.15) is 12.2 Å². The van der Waals surface area contributed by atoms with Crippen LogP contribution in [0.5, 0.6) is 0 Å². The zero-order valence-corrected chi connectivity index (χ0v) is 48.7. The topological polar surface area (TPSA) is 206 Å². The van der Waals surface area contributed by atoms with Crippen molar-refractivity contribution in [3.05, 3.63) is 107 Å². The number of hydrogen-bond acceptors (Lipinski definition) is 14. The van der Waals surface area contributed by atoms with Crippen LogP contribution >= 0.6 is 0 Å². The SMILES string of the molecule is CN(C)/N=C(/CO)[C@@]12OC(C)(C)O[C@@H]1C[C@H]1[C@@H]3CCC4=CC(=O)C=C[C@]4(C)[C@@]3(F)[C@@H](O)C[C@@]12C.Cc1ccccc1N.Cc1ccccc1N=C1C=C[C@@]2(C)C(=C1)CC[C@H]1[C@@H]3C[C@H]4OC(C)(C)O[C@@]4(C(=O)CO)[C@@]3(C)C[C@H](O)[C@@]12F. The van der Waals surface area contributed by atoms with Crippen molar-refractivity contribution >= 4 is 34.4 Å². The van der Waals surface area contributed by atoms with Gasteiger partial charge in [-0.15, -0.1) is 0 Å². The van der Waals surface area contributed by atoms with Gasteiger partial charge in [0.05, 0.1) is 48.1 Å². The highest BCUT2D eigenvalue weighted by molar-refractivity contribution is 6.07. The Morgan fingerprint density at radius 1 is 0.688 bits per heavy atom. The summed E-state index contributed by atoms with van der Waals surface area (Å²) >= 11 is 0. The van der Waals surface area contributed by atoms with Crippen LogP contribution < -0.4 is 5.73 Å². The summed E-state index contributed by atoms with van der Waals surface area (Å²) in [5.41, 5.74) is 2.40. The van der Waals surface area contributed by atoms with Crippen molar-refractivity contribution in [2.75, 3.05) is 33.0 Å². The minimum atomic E-state index is -1.93. The first kappa shape index (κ1) is 58.4. The lowest BCUT2D eigenvalue weighted by Crippen LogP contribution is -2.70. The minimum Gasteiger partial charge on any atom is -0.399 e. The van der Waals surface area contributed by atoms with E-state index in [9.17, 15) is 30.0 Å². The molecule has 14 nitrogen and oxygen atoms in total. The number of hydrazone groups is 1. The summed E-state index contributed by atoms with van der Waals surface area (Å²) in [6.07, 6.45) is 10.3. The molecular formula is C64H84F2N4O10. The molecule has 2 aliphatic heterocycles. The quantitative estimate of drug-likeness (QED) is 0.104. The molecule has 2 aromatic carbocycles. The van der Waals surface area contributed by atoms with E-state index in [2.05, 4.69) is 5.10 Å². The number of carbonyl (C=O) groups excluding carboxylic acids is 2. The lowest BCUT2D eigenvalue weighted by Gasteiger charge is -2.63. The van der Waals surface area contributed by atoms with Gasteiger partial charge in [-0.1, -0.05) is 73.5 Å². The summed E-state index contributed by atoms with van der Waals surface area (Å²) in [6.45, 7) is 17.9. The molecule has 0 spiro atoms. The van der Waals surface area contributed by atoms with Gasteiger partial charge < -0.3 is 50.1 Å². The first-order valence-corrected chi connectivity index (χ1v) is 28.7. The van der Waals surface area contributed by atoms with Gasteiger partial charge in [0.2, 0.25) is 0 Å². The number of hydrogen-bond donors (Lipinski definition) is 5. The summed E-state index contributed by atoms with van der Waals surface area (Å²) in [4.78, 5) is 30.2. The van der Waals surface area contributed by atoms with Gasteiger partial charge in [0.25, 0.3) is 0 Å². The molecule has 0 aromatic heterocycles. The first-order valence-electron chi connectivity index (χ1n) is 28.7. The molecule has 16 heteroatoms. The zero-order valence-electron chi connectivity index (χ0n) is 48.7. The zero-order chi connectivity index (χ0) is 58.2. The van der Waals surface area contributed by atoms with E-state index in [1.807, 2.05) is 122 Å². The molecule has 0 unspecified atom stereocenters. The number of aliphatic hydroxyl groups is 4. The summed E-state index contributed by atoms with van der Waals surface area (Å²) < 4.78 is 60.7. The lowest BCUT2D eigenvalue weighted by atomic mass is 9.44. The molecule has 6 N–H and O–H groups in total. The van der Waals surface area contributed by atoms with Crippen LogP contribution in [-0.4, -0.2) is 134 Å². The fourth-order valence-electron chi connectivity index (χ4n) is 17.7. The highest BCUT2D eigenvalue weighted by atomic mass is 19.1. The molecule has 0 bridgehead atoms. The molecule has 16 atom stereocenters. The maximum absolute atomic E-state index is 17.7. The maximum Gasteiger partial charge on any atom is 0.193 e. The van der Waals surface area contributed by atoms with E-state index in [4.69, 9.17) is 29.7 Å². The highest BCUT2D eigenvalue weighted by Crippen LogP contribution is 2.74. The van der Waals surface area contributed by atoms with Crippen LogP contribution in [0.1, 0.15) is 118 Å². The van der Waals surface area contributed by atoms with Gasteiger partial charge in [-0.3, -0.25) is 9.59 Å². The van der Waals surface area contributed by atoms with Crippen molar-refractivity contribution < 1.29 is 57.7 Å². The standard InChI is InChI=1S/C31H38FNO5.C26H37FN2O5.C7H9N/c1-18-8-6-7-9-23(18)33-20-12-13-28(4)19(14-20)10-11-21-22-15-26-31(25(36)17-34,38-27(2,3)37-26)29(22,5)16-24(35)30(21,28)32;1-22(2)33-21-12-18-17-8-7-15-11-16(31)9-10-23(15,3)25(17,27)20(32)13-24(18,4)26(21,34-22)19(14-30)28-29(5)6;1-6-4-2-3-5-7(6)8/h6-9,12-14,21-22,24,26,34-35H,10-11,15-17H2,1-5H3;9-11,17-18,20-21,30,32H,7-8,12-14H2,1-6H3;2-5H,8H2,1H3/b;28-19-;/t21-,22-,24-,26+,28-,29-,30-,31+;17-,18-,20-,21+,23-,24-,25-,26+;/m00./s1. The number of ether oxygens (including phenoxy) is 4. The second-order valence-electron chi connectivity index (χ2n) is 26.6. The summed E-state index contributed by atoms with van der Waals surface area (Å²) in [7, 11) is 3.57.